The second-order valence-electron chi connectivity index (χ2n) is 6.83. The van der Waals surface area contributed by atoms with Crippen molar-refractivity contribution in [2.75, 3.05) is 32.3 Å². The lowest BCUT2D eigenvalue weighted by Gasteiger charge is -2.16. The molecule has 1 fully saturated rings. The molecule has 0 radical (unpaired) electrons. The second-order valence-corrected chi connectivity index (χ2v) is 6.83. The lowest BCUT2D eigenvalue weighted by atomic mass is 10.1. The predicted molar refractivity (Wildman–Crippen MR) is 110 cm³/mol. The first kappa shape index (κ1) is 19.8. The summed E-state index contributed by atoms with van der Waals surface area (Å²) < 4.78 is 21.8. The molecule has 1 aliphatic rings. The highest BCUT2D eigenvalue weighted by molar-refractivity contribution is 5.96. The van der Waals surface area contributed by atoms with Crippen LogP contribution in [-0.4, -0.2) is 43.4 Å². The number of para-hydroxylation sites is 1. The lowest BCUT2D eigenvalue weighted by molar-refractivity contribution is -0.117. The molecule has 0 spiro atoms. The molecule has 0 aliphatic carbocycles. The summed E-state index contributed by atoms with van der Waals surface area (Å²) in [6, 6.07) is 12.9. The van der Waals surface area contributed by atoms with E-state index in [-0.39, 0.29) is 11.8 Å². The molecule has 0 unspecified atom stereocenters. The van der Waals surface area contributed by atoms with Gasteiger partial charge in [-0.2, -0.15) is 4.98 Å². The number of methoxy groups -OCH3 is 2. The van der Waals surface area contributed by atoms with Gasteiger partial charge in [-0.15, -0.1) is 0 Å². The second kappa shape index (κ2) is 8.44. The average Bonchev–Trinajstić information content (AvgIpc) is 3.41. The molecule has 8 heteroatoms. The number of amides is 1. The van der Waals surface area contributed by atoms with Gasteiger partial charge in [0.2, 0.25) is 17.6 Å². The highest BCUT2D eigenvalue weighted by Crippen LogP contribution is 2.38. The number of aromatic nitrogens is 2. The summed E-state index contributed by atoms with van der Waals surface area (Å²) in [4.78, 5) is 18.9. The Balaban J connectivity index is 1.54. The van der Waals surface area contributed by atoms with Gasteiger partial charge in [0.25, 0.3) is 0 Å². The SMILES string of the molecule is CCOc1ccc(N2C[C@@H](c3nc(-c4cccc(OC)c4OC)no3)CC2=O)cc1. The van der Waals surface area contributed by atoms with Crippen molar-refractivity contribution in [1.82, 2.24) is 10.1 Å². The van der Waals surface area contributed by atoms with Crippen molar-refractivity contribution < 1.29 is 23.5 Å². The number of hydrogen-bond donors (Lipinski definition) is 0. The van der Waals surface area contributed by atoms with Crippen molar-refractivity contribution in [2.45, 2.75) is 19.3 Å². The summed E-state index contributed by atoms with van der Waals surface area (Å²) in [6.45, 7) is 3.01. The molecule has 0 bridgehead atoms. The highest BCUT2D eigenvalue weighted by Gasteiger charge is 2.35. The standard InChI is InChI=1S/C22H23N3O5/c1-4-29-16-10-8-15(9-11-16)25-13-14(12-19(25)26)22-23-21(24-30-22)17-6-5-7-18(27-2)20(17)28-3/h5-11,14H,4,12-13H2,1-3H3/t14-/m0/s1. The fourth-order valence-electron chi connectivity index (χ4n) is 3.59. The van der Waals surface area contributed by atoms with Gasteiger partial charge in [0.1, 0.15) is 5.75 Å². The third-order valence-corrected chi connectivity index (χ3v) is 5.02. The van der Waals surface area contributed by atoms with Crippen LogP contribution in [0.15, 0.2) is 47.0 Å². The van der Waals surface area contributed by atoms with Gasteiger partial charge in [-0.25, -0.2) is 0 Å². The van der Waals surface area contributed by atoms with Crippen LogP contribution in [0.5, 0.6) is 17.2 Å². The van der Waals surface area contributed by atoms with Gasteiger partial charge in [0, 0.05) is 18.7 Å². The van der Waals surface area contributed by atoms with Crippen molar-refractivity contribution in [1.29, 1.82) is 0 Å². The zero-order valence-electron chi connectivity index (χ0n) is 17.1. The number of anilines is 1. The van der Waals surface area contributed by atoms with Crippen molar-refractivity contribution >= 4 is 11.6 Å². The summed E-state index contributed by atoms with van der Waals surface area (Å²) in [5, 5.41) is 4.10. The van der Waals surface area contributed by atoms with Gasteiger partial charge < -0.3 is 23.6 Å². The minimum Gasteiger partial charge on any atom is -0.494 e. The summed E-state index contributed by atoms with van der Waals surface area (Å²) in [5.74, 6) is 2.55. The fourth-order valence-corrected chi connectivity index (χ4v) is 3.59. The lowest BCUT2D eigenvalue weighted by Crippen LogP contribution is -2.24. The van der Waals surface area contributed by atoms with Gasteiger partial charge >= 0.3 is 0 Å². The third kappa shape index (κ3) is 3.68. The van der Waals surface area contributed by atoms with Crippen molar-refractivity contribution in [3.8, 4) is 28.6 Å². The molecule has 3 aromatic rings. The van der Waals surface area contributed by atoms with Crippen LogP contribution < -0.4 is 19.1 Å². The average molecular weight is 409 g/mol. The highest BCUT2D eigenvalue weighted by atomic mass is 16.5. The molecule has 8 nitrogen and oxygen atoms in total. The molecule has 30 heavy (non-hydrogen) atoms. The first-order chi connectivity index (χ1) is 14.6. The van der Waals surface area contributed by atoms with Gasteiger partial charge in [-0.05, 0) is 43.3 Å². The summed E-state index contributed by atoms with van der Waals surface area (Å²) >= 11 is 0. The van der Waals surface area contributed by atoms with Gasteiger partial charge in [0.05, 0.1) is 32.3 Å². The normalized spacial score (nSPS) is 16.0. The van der Waals surface area contributed by atoms with Crippen molar-refractivity contribution in [3.05, 3.63) is 48.4 Å². The van der Waals surface area contributed by atoms with E-state index >= 15 is 0 Å². The van der Waals surface area contributed by atoms with E-state index in [1.807, 2.05) is 43.3 Å². The Kier molecular flexibility index (Phi) is 5.56. The Labute approximate surface area is 174 Å². The van der Waals surface area contributed by atoms with Crippen LogP contribution in [0.4, 0.5) is 5.69 Å². The maximum Gasteiger partial charge on any atom is 0.232 e. The minimum atomic E-state index is -0.179. The van der Waals surface area contributed by atoms with Crippen LogP contribution in [0.3, 0.4) is 0 Å². The molecule has 1 saturated heterocycles. The smallest absolute Gasteiger partial charge is 0.232 e. The Morgan fingerprint density at radius 3 is 2.63 bits per heavy atom. The van der Waals surface area contributed by atoms with Gasteiger partial charge in [0.15, 0.2) is 11.5 Å². The predicted octanol–water partition coefficient (Wildman–Crippen LogP) is 3.67. The first-order valence-corrected chi connectivity index (χ1v) is 9.72. The Hall–Kier alpha value is -3.55. The molecule has 1 aromatic heterocycles. The van der Waals surface area contributed by atoms with Crippen LogP contribution in [-0.2, 0) is 4.79 Å². The molecule has 1 atom stereocenters. The topological polar surface area (TPSA) is 86.9 Å². The van der Waals surface area contributed by atoms with Gasteiger partial charge in [-0.1, -0.05) is 11.2 Å². The summed E-state index contributed by atoms with van der Waals surface area (Å²) in [6.07, 6.45) is 0.310. The van der Waals surface area contributed by atoms with Crippen LogP contribution in [0, 0.1) is 0 Å². The summed E-state index contributed by atoms with van der Waals surface area (Å²) in [7, 11) is 3.13. The van der Waals surface area contributed by atoms with Crippen molar-refractivity contribution in [2.24, 2.45) is 0 Å². The molecule has 156 valence electrons. The molecule has 2 heterocycles. The number of ether oxygens (including phenoxy) is 3. The molecule has 0 N–H and O–H groups in total. The summed E-state index contributed by atoms with van der Waals surface area (Å²) in [5.41, 5.74) is 1.49. The van der Waals surface area contributed by atoms with Crippen LogP contribution in [0.1, 0.15) is 25.2 Å². The number of hydrogen-bond acceptors (Lipinski definition) is 7. The Bertz CT molecular complexity index is 1030. The van der Waals surface area contributed by atoms with Crippen LogP contribution in [0.25, 0.3) is 11.4 Å². The van der Waals surface area contributed by atoms with Crippen LogP contribution >= 0.6 is 0 Å². The van der Waals surface area contributed by atoms with Gasteiger partial charge in [-0.3, -0.25) is 4.79 Å². The maximum atomic E-state index is 12.6. The van der Waals surface area contributed by atoms with E-state index in [0.717, 1.165) is 11.4 Å². The van der Waals surface area contributed by atoms with Crippen molar-refractivity contribution in [3.63, 3.8) is 0 Å². The maximum absolute atomic E-state index is 12.6. The Morgan fingerprint density at radius 2 is 1.93 bits per heavy atom. The monoisotopic (exact) mass is 409 g/mol. The zero-order chi connectivity index (χ0) is 21.1. The van der Waals surface area contributed by atoms with E-state index in [2.05, 4.69) is 10.1 Å². The van der Waals surface area contributed by atoms with Crippen LogP contribution in [0.2, 0.25) is 0 Å². The van der Waals surface area contributed by atoms with E-state index in [0.29, 0.717) is 48.4 Å². The molecule has 0 saturated carbocycles. The zero-order valence-corrected chi connectivity index (χ0v) is 17.1. The number of carbonyl (C=O) groups excluding carboxylic acids is 1. The van der Waals surface area contributed by atoms with E-state index < -0.39 is 0 Å². The fraction of sp³-hybridized carbons (Fsp3) is 0.318. The number of carbonyl (C=O) groups is 1. The molecular weight excluding hydrogens is 386 g/mol. The molecule has 4 rings (SSSR count). The molecule has 1 amide bonds. The quantitative estimate of drug-likeness (QED) is 0.588. The molecular formula is C22H23N3O5. The van der Waals surface area contributed by atoms with E-state index in [1.165, 1.54) is 0 Å². The molecule has 2 aromatic carbocycles. The van der Waals surface area contributed by atoms with E-state index in [4.69, 9.17) is 18.7 Å². The number of nitrogens with zero attached hydrogens (tertiary/aromatic N) is 3. The molecule has 1 aliphatic heterocycles. The minimum absolute atomic E-state index is 0.0165. The largest absolute Gasteiger partial charge is 0.494 e. The number of rotatable bonds is 7. The first-order valence-electron chi connectivity index (χ1n) is 9.72. The third-order valence-electron chi connectivity index (χ3n) is 5.02. The van der Waals surface area contributed by atoms with E-state index in [1.54, 1.807) is 25.2 Å². The number of benzene rings is 2. The Morgan fingerprint density at radius 1 is 1.13 bits per heavy atom. The van der Waals surface area contributed by atoms with E-state index in [9.17, 15) is 4.79 Å².